The largest absolute Gasteiger partial charge is 0.486 e. The second-order valence-corrected chi connectivity index (χ2v) is 5.48. The van der Waals surface area contributed by atoms with Gasteiger partial charge in [0, 0.05) is 5.56 Å². The Balaban J connectivity index is 1.76. The van der Waals surface area contributed by atoms with Gasteiger partial charge < -0.3 is 14.2 Å². The number of hydrogen-bond donors (Lipinski definition) is 0. The minimum atomic E-state index is -0.400. The SMILES string of the molecule is Clc1cc(C2OCCO2)cc(Cl)c1OCc1ccccc1. The van der Waals surface area contributed by atoms with Gasteiger partial charge in [0.15, 0.2) is 12.0 Å². The molecule has 3 rings (SSSR count). The van der Waals surface area contributed by atoms with E-state index in [2.05, 4.69) is 0 Å². The molecule has 21 heavy (non-hydrogen) atoms. The molecule has 2 aromatic carbocycles. The van der Waals surface area contributed by atoms with E-state index in [9.17, 15) is 0 Å². The molecule has 1 fully saturated rings. The van der Waals surface area contributed by atoms with Crippen LogP contribution in [0, 0.1) is 0 Å². The maximum Gasteiger partial charge on any atom is 0.184 e. The molecule has 3 nitrogen and oxygen atoms in total. The van der Waals surface area contributed by atoms with Crippen molar-refractivity contribution in [3.8, 4) is 5.75 Å². The van der Waals surface area contributed by atoms with E-state index < -0.39 is 6.29 Å². The van der Waals surface area contributed by atoms with Gasteiger partial charge in [0.25, 0.3) is 0 Å². The van der Waals surface area contributed by atoms with Crippen LogP contribution in [0.15, 0.2) is 42.5 Å². The molecular weight excluding hydrogens is 311 g/mol. The molecule has 1 aliphatic rings. The second kappa shape index (κ2) is 6.67. The Kier molecular flexibility index (Phi) is 4.66. The fourth-order valence-corrected chi connectivity index (χ4v) is 2.75. The van der Waals surface area contributed by atoms with E-state index in [4.69, 9.17) is 37.4 Å². The molecule has 0 aliphatic carbocycles. The second-order valence-electron chi connectivity index (χ2n) is 4.66. The molecule has 0 amide bonds. The molecule has 0 bridgehead atoms. The lowest BCUT2D eigenvalue weighted by Crippen LogP contribution is -2.01. The zero-order valence-corrected chi connectivity index (χ0v) is 12.7. The molecule has 1 aliphatic heterocycles. The monoisotopic (exact) mass is 324 g/mol. The van der Waals surface area contributed by atoms with Gasteiger partial charge >= 0.3 is 0 Å². The predicted molar refractivity (Wildman–Crippen MR) is 81.9 cm³/mol. The highest BCUT2D eigenvalue weighted by Crippen LogP contribution is 2.38. The maximum absolute atomic E-state index is 6.26. The summed E-state index contributed by atoms with van der Waals surface area (Å²) in [5.41, 5.74) is 1.85. The summed E-state index contributed by atoms with van der Waals surface area (Å²) in [5, 5.41) is 0.903. The first-order valence-corrected chi connectivity index (χ1v) is 7.38. The zero-order chi connectivity index (χ0) is 14.7. The van der Waals surface area contributed by atoms with Gasteiger partial charge in [-0.25, -0.2) is 0 Å². The van der Waals surface area contributed by atoms with Crippen molar-refractivity contribution in [2.24, 2.45) is 0 Å². The van der Waals surface area contributed by atoms with Gasteiger partial charge in [-0.05, 0) is 17.7 Å². The first-order valence-electron chi connectivity index (χ1n) is 6.63. The highest BCUT2D eigenvalue weighted by molar-refractivity contribution is 6.37. The summed E-state index contributed by atoms with van der Waals surface area (Å²) in [7, 11) is 0. The van der Waals surface area contributed by atoms with Crippen molar-refractivity contribution in [3.05, 3.63) is 63.6 Å². The molecule has 0 aromatic heterocycles. The van der Waals surface area contributed by atoms with Crippen molar-refractivity contribution in [2.75, 3.05) is 13.2 Å². The van der Waals surface area contributed by atoms with E-state index >= 15 is 0 Å². The molecule has 110 valence electrons. The summed E-state index contributed by atoms with van der Waals surface area (Å²) < 4.78 is 16.6. The Labute approximate surface area is 133 Å². The molecule has 1 saturated heterocycles. The van der Waals surface area contributed by atoms with Crippen LogP contribution in [0.2, 0.25) is 10.0 Å². The normalized spacial score (nSPS) is 15.3. The van der Waals surface area contributed by atoms with Crippen molar-refractivity contribution >= 4 is 23.2 Å². The Morgan fingerprint density at radius 1 is 1.00 bits per heavy atom. The smallest absolute Gasteiger partial charge is 0.184 e. The van der Waals surface area contributed by atoms with Crippen LogP contribution in [0.3, 0.4) is 0 Å². The maximum atomic E-state index is 6.26. The molecular formula is C16H14Cl2O3. The molecule has 0 N–H and O–H groups in total. The van der Waals surface area contributed by atoms with Crippen LogP contribution < -0.4 is 4.74 Å². The summed E-state index contributed by atoms with van der Waals surface area (Å²) in [4.78, 5) is 0. The van der Waals surface area contributed by atoms with Gasteiger partial charge in [0.1, 0.15) is 6.61 Å². The molecule has 0 atom stereocenters. The lowest BCUT2D eigenvalue weighted by Gasteiger charge is -2.14. The molecule has 0 saturated carbocycles. The van der Waals surface area contributed by atoms with Crippen LogP contribution in [0.1, 0.15) is 17.4 Å². The van der Waals surface area contributed by atoms with Crippen LogP contribution in [0.5, 0.6) is 5.75 Å². The van der Waals surface area contributed by atoms with Gasteiger partial charge in [0.2, 0.25) is 0 Å². The van der Waals surface area contributed by atoms with E-state index in [1.165, 1.54) is 0 Å². The van der Waals surface area contributed by atoms with E-state index in [0.29, 0.717) is 35.6 Å². The van der Waals surface area contributed by atoms with Gasteiger partial charge in [-0.15, -0.1) is 0 Å². The summed E-state index contributed by atoms with van der Waals surface area (Å²) >= 11 is 12.5. The van der Waals surface area contributed by atoms with Crippen LogP contribution in [0.25, 0.3) is 0 Å². The van der Waals surface area contributed by atoms with Crippen LogP contribution >= 0.6 is 23.2 Å². The van der Waals surface area contributed by atoms with Gasteiger partial charge in [-0.2, -0.15) is 0 Å². The third kappa shape index (κ3) is 3.50. The average molecular weight is 325 g/mol. The van der Waals surface area contributed by atoms with E-state index in [0.717, 1.165) is 11.1 Å². The van der Waals surface area contributed by atoms with Crippen molar-refractivity contribution in [3.63, 3.8) is 0 Å². The van der Waals surface area contributed by atoms with Crippen molar-refractivity contribution < 1.29 is 14.2 Å². The Morgan fingerprint density at radius 3 is 2.24 bits per heavy atom. The third-order valence-corrected chi connectivity index (χ3v) is 3.70. The topological polar surface area (TPSA) is 27.7 Å². The van der Waals surface area contributed by atoms with Crippen molar-refractivity contribution in [2.45, 2.75) is 12.9 Å². The fourth-order valence-electron chi connectivity index (χ4n) is 2.13. The van der Waals surface area contributed by atoms with Gasteiger partial charge in [-0.1, -0.05) is 53.5 Å². The van der Waals surface area contributed by atoms with Gasteiger partial charge in [-0.3, -0.25) is 0 Å². The van der Waals surface area contributed by atoms with Crippen molar-refractivity contribution in [1.29, 1.82) is 0 Å². The predicted octanol–water partition coefficient (Wildman–Crippen LogP) is 4.62. The Morgan fingerprint density at radius 2 is 1.62 bits per heavy atom. The highest BCUT2D eigenvalue weighted by Gasteiger charge is 2.21. The van der Waals surface area contributed by atoms with Gasteiger partial charge in [0.05, 0.1) is 23.3 Å². The molecule has 1 heterocycles. The van der Waals surface area contributed by atoms with Crippen molar-refractivity contribution in [1.82, 2.24) is 0 Å². The third-order valence-electron chi connectivity index (χ3n) is 3.14. The molecule has 0 spiro atoms. The summed E-state index contributed by atoms with van der Waals surface area (Å²) in [6.07, 6.45) is -0.400. The fraction of sp³-hybridized carbons (Fsp3) is 0.250. The van der Waals surface area contributed by atoms with Crippen LogP contribution in [-0.4, -0.2) is 13.2 Å². The van der Waals surface area contributed by atoms with Crippen LogP contribution in [-0.2, 0) is 16.1 Å². The molecule has 5 heteroatoms. The first-order chi connectivity index (χ1) is 10.2. The number of hydrogen-bond acceptors (Lipinski definition) is 3. The minimum absolute atomic E-state index is 0.400. The Hall–Kier alpha value is -1.26. The number of ether oxygens (including phenoxy) is 3. The standard InChI is InChI=1S/C16H14Cl2O3/c17-13-8-12(16-19-6-7-20-16)9-14(18)15(13)21-10-11-4-2-1-3-5-11/h1-5,8-9,16H,6-7,10H2. The lowest BCUT2D eigenvalue weighted by molar-refractivity contribution is -0.0441. The quantitative estimate of drug-likeness (QED) is 0.821. The molecule has 0 unspecified atom stereocenters. The number of rotatable bonds is 4. The minimum Gasteiger partial charge on any atom is -0.486 e. The average Bonchev–Trinajstić information content (AvgIpc) is 3.01. The summed E-state index contributed by atoms with van der Waals surface area (Å²) in [6, 6.07) is 13.4. The highest BCUT2D eigenvalue weighted by atomic mass is 35.5. The Bertz CT molecular complexity index is 587. The zero-order valence-electron chi connectivity index (χ0n) is 11.2. The van der Waals surface area contributed by atoms with E-state index in [-0.39, 0.29) is 0 Å². The van der Waals surface area contributed by atoms with E-state index in [1.807, 2.05) is 30.3 Å². The number of halogens is 2. The molecule has 2 aromatic rings. The summed E-state index contributed by atoms with van der Waals surface area (Å²) in [5.74, 6) is 0.476. The lowest BCUT2D eigenvalue weighted by atomic mass is 10.2. The van der Waals surface area contributed by atoms with E-state index in [1.54, 1.807) is 12.1 Å². The molecule has 0 radical (unpaired) electrons. The number of benzene rings is 2. The summed E-state index contributed by atoms with van der Waals surface area (Å²) in [6.45, 7) is 1.56. The first kappa shape index (κ1) is 14.7. The van der Waals surface area contributed by atoms with Crippen LogP contribution in [0.4, 0.5) is 0 Å².